The van der Waals surface area contributed by atoms with E-state index in [1.165, 1.54) is 51.5 Å². The molecule has 3 aliphatic carbocycles. The van der Waals surface area contributed by atoms with Crippen LogP contribution < -0.4 is 4.74 Å². The molecule has 1 N–H and O–H groups in total. The quantitative estimate of drug-likeness (QED) is 0.913. The summed E-state index contributed by atoms with van der Waals surface area (Å²) in [5.41, 5.74) is 3.55. The maximum absolute atomic E-state index is 10.1. The molecule has 2 unspecified atom stereocenters. The van der Waals surface area contributed by atoms with Gasteiger partial charge in [-0.05, 0) is 80.2 Å². The van der Waals surface area contributed by atoms with E-state index in [2.05, 4.69) is 23.1 Å². The maximum Gasteiger partial charge on any atom is 0.119 e. The zero-order chi connectivity index (χ0) is 17.0. The van der Waals surface area contributed by atoms with Gasteiger partial charge < -0.3 is 9.84 Å². The number of hydrogen-bond donors (Lipinski definition) is 1. The van der Waals surface area contributed by atoms with Gasteiger partial charge in [-0.25, -0.2) is 0 Å². The Morgan fingerprint density at radius 3 is 2.88 bits per heavy atom. The molecule has 5 rings (SSSR count). The molecule has 2 bridgehead atoms. The predicted molar refractivity (Wildman–Crippen MR) is 99.0 cm³/mol. The summed E-state index contributed by atoms with van der Waals surface area (Å²) in [7, 11) is 1.79. The minimum Gasteiger partial charge on any atom is -0.497 e. The lowest BCUT2D eigenvalue weighted by Crippen LogP contribution is -2.62. The Kier molecular flexibility index (Phi) is 3.87. The van der Waals surface area contributed by atoms with Crippen molar-refractivity contribution in [1.82, 2.24) is 4.90 Å². The molecule has 3 nitrogen and oxygen atoms in total. The van der Waals surface area contributed by atoms with E-state index in [-0.39, 0.29) is 6.10 Å². The van der Waals surface area contributed by atoms with Crippen LogP contribution in [-0.4, -0.2) is 42.4 Å². The number of aliphatic hydroxyl groups is 1. The molecule has 25 heavy (non-hydrogen) atoms. The van der Waals surface area contributed by atoms with E-state index in [0.29, 0.717) is 17.4 Å². The van der Waals surface area contributed by atoms with Crippen molar-refractivity contribution in [2.75, 3.05) is 20.2 Å². The van der Waals surface area contributed by atoms with Gasteiger partial charge in [-0.3, -0.25) is 4.90 Å². The first-order chi connectivity index (χ1) is 12.2. The van der Waals surface area contributed by atoms with E-state index in [1.807, 2.05) is 0 Å². The maximum atomic E-state index is 10.1. The lowest BCUT2D eigenvalue weighted by atomic mass is 9.52. The zero-order valence-corrected chi connectivity index (χ0v) is 15.4. The molecule has 5 atom stereocenters. The van der Waals surface area contributed by atoms with Gasteiger partial charge in [-0.15, -0.1) is 0 Å². The Morgan fingerprint density at radius 2 is 2.12 bits per heavy atom. The number of piperidine rings is 1. The second kappa shape index (κ2) is 5.99. The van der Waals surface area contributed by atoms with Crippen LogP contribution in [0.4, 0.5) is 0 Å². The van der Waals surface area contributed by atoms with E-state index in [9.17, 15) is 5.11 Å². The molecule has 4 aliphatic rings. The summed E-state index contributed by atoms with van der Waals surface area (Å²) >= 11 is 0. The third-order valence-electron chi connectivity index (χ3n) is 8.01. The van der Waals surface area contributed by atoms with Crippen LogP contribution in [0.1, 0.15) is 56.1 Å². The van der Waals surface area contributed by atoms with Crippen LogP contribution in [0, 0.1) is 11.8 Å². The second-order valence-corrected chi connectivity index (χ2v) is 8.95. The van der Waals surface area contributed by atoms with Crippen LogP contribution >= 0.6 is 0 Å². The van der Waals surface area contributed by atoms with Crippen molar-refractivity contribution in [3.05, 3.63) is 29.3 Å². The number of nitrogens with zero attached hydrogens (tertiary/aromatic N) is 1. The molecule has 3 fully saturated rings. The van der Waals surface area contributed by atoms with Crippen molar-refractivity contribution in [3.8, 4) is 5.75 Å². The SMILES string of the molecule is COc1ccc2c(c1)[C@@]13CCCC[C@H]1[C@@H](C2)N(CC1CCC1O)CC3. The number of fused-ring (bicyclic) bond motifs is 1. The van der Waals surface area contributed by atoms with Crippen LogP contribution in [0.15, 0.2) is 18.2 Å². The summed E-state index contributed by atoms with van der Waals surface area (Å²) in [5, 5.41) is 10.1. The van der Waals surface area contributed by atoms with Crippen molar-refractivity contribution in [1.29, 1.82) is 0 Å². The Hall–Kier alpha value is -1.06. The van der Waals surface area contributed by atoms with Crippen molar-refractivity contribution in [2.45, 2.75) is 68.9 Å². The Labute approximate surface area is 151 Å². The lowest BCUT2D eigenvalue weighted by molar-refractivity contribution is -0.0528. The summed E-state index contributed by atoms with van der Waals surface area (Å²) in [5.74, 6) is 2.34. The van der Waals surface area contributed by atoms with Gasteiger partial charge in [0.1, 0.15) is 5.75 Å². The summed E-state index contributed by atoms with van der Waals surface area (Å²) in [6, 6.07) is 7.52. The number of hydrogen-bond acceptors (Lipinski definition) is 3. The third kappa shape index (κ3) is 2.39. The molecule has 1 aromatic rings. The minimum atomic E-state index is -0.0434. The number of methoxy groups -OCH3 is 1. The van der Waals surface area contributed by atoms with Crippen LogP contribution in [0.3, 0.4) is 0 Å². The number of benzene rings is 1. The molecule has 1 aliphatic heterocycles. The van der Waals surface area contributed by atoms with E-state index in [1.54, 1.807) is 18.2 Å². The van der Waals surface area contributed by atoms with Crippen molar-refractivity contribution >= 4 is 0 Å². The molecule has 2 saturated carbocycles. The Balaban J connectivity index is 1.51. The van der Waals surface area contributed by atoms with Crippen LogP contribution in [0.5, 0.6) is 5.75 Å². The fourth-order valence-electron chi connectivity index (χ4n) is 6.48. The van der Waals surface area contributed by atoms with Crippen LogP contribution in [-0.2, 0) is 11.8 Å². The normalized spacial score (nSPS) is 39.9. The fourth-order valence-corrected chi connectivity index (χ4v) is 6.48. The largest absolute Gasteiger partial charge is 0.497 e. The van der Waals surface area contributed by atoms with Crippen molar-refractivity contribution in [3.63, 3.8) is 0 Å². The molecule has 1 saturated heterocycles. The predicted octanol–water partition coefficient (Wildman–Crippen LogP) is 3.52. The third-order valence-corrected chi connectivity index (χ3v) is 8.01. The Bertz CT molecular complexity index is 659. The van der Waals surface area contributed by atoms with E-state index < -0.39 is 0 Å². The van der Waals surface area contributed by atoms with Gasteiger partial charge in [-0.2, -0.15) is 0 Å². The number of aliphatic hydroxyl groups excluding tert-OH is 1. The van der Waals surface area contributed by atoms with Gasteiger partial charge in [0, 0.05) is 18.0 Å². The first-order valence-electron chi connectivity index (χ1n) is 10.3. The molecular formula is C22H31NO2. The summed E-state index contributed by atoms with van der Waals surface area (Å²) in [6.45, 7) is 2.32. The first-order valence-corrected chi connectivity index (χ1v) is 10.3. The molecule has 3 heteroatoms. The van der Waals surface area contributed by atoms with Crippen LogP contribution in [0.25, 0.3) is 0 Å². The smallest absolute Gasteiger partial charge is 0.119 e. The van der Waals surface area contributed by atoms with Gasteiger partial charge >= 0.3 is 0 Å². The molecule has 136 valence electrons. The molecule has 0 spiro atoms. The van der Waals surface area contributed by atoms with Gasteiger partial charge in [0.15, 0.2) is 0 Å². The summed E-state index contributed by atoms with van der Waals surface area (Å²) in [4.78, 5) is 2.76. The highest BCUT2D eigenvalue weighted by Crippen LogP contribution is 2.56. The van der Waals surface area contributed by atoms with Gasteiger partial charge in [-0.1, -0.05) is 18.9 Å². The standard InChI is InChI=1S/C22H31NO2/c1-25-17-7-5-15-12-20-18-4-2-3-9-22(18,19(15)13-17)10-11-23(20)14-16-6-8-21(16)24/h5,7,13,16,18,20-21,24H,2-4,6,8-12,14H2,1H3/t16?,18-,20+,21?,22+/m0/s1. The highest BCUT2D eigenvalue weighted by molar-refractivity contribution is 5.45. The number of rotatable bonds is 3. The molecular weight excluding hydrogens is 310 g/mol. The van der Waals surface area contributed by atoms with Gasteiger partial charge in [0.05, 0.1) is 13.2 Å². The number of likely N-dealkylation sites (tertiary alicyclic amines) is 1. The van der Waals surface area contributed by atoms with Gasteiger partial charge in [0.25, 0.3) is 0 Å². The van der Waals surface area contributed by atoms with E-state index >= 15 is 0 Å². The molecule has 0 radical (unpaired) electrons. The topological polar surface area (TPSA) is 32.7 Å². The van der Waals surface area contributed by atoms with E-state index in [0.717, 1.165) is 24.6 Å². The van der Waals surface area contributed by atoms with Crippen molar-refractivity contribution in [2.24, 2.45) is 11.8 Å². The average Bonchev–Trinajstić information content (AvgIpc) is 2.65. The molecule has 1 heterocycles. The first kappa shape index (κ1) is 16.1. The van der Waals surface area contributed by atoms with Crippen LogP contribution in [0.2, 0.25) is 0 Å². The number of ether oxygens (including phenoxy) is 1. The summed E-state index contributed by atoms with van der Waals surface area (Å²) < 4.78 is 5.56. The molecule has 1 aromatic carbocycles. The molecule has 0 aromatic heterocycles. The van der Waals surface area contributed by atoms with Crippen molar-refractivity contribution < 1.29 is 9.84 Å². The fraction of sp³-hybridized carbons (Fsp3) is 0.727. The highest BCUT2D eigenvalue weighted by Gasteiger charge is 2.54. The van der Waals surface area contributed by atoms with Gasteiger partial charge in [0.2, 0.25) is 0 Å². The molecule has 0 amide bonds. The Morgan fingerprint density at radius 1 is 1.20 bits per heavy atom. The average molecular weight is 341 g/mol. The van der Waals surface area contributed by atoms with E-state index in [4.69, 9.17) is 4.74 Å². The highest BCUT2D eigenvalue weighted by atomic mass is 16.5. The monoisotopic (exact) mass is 341 g/mol. The second-order valence-electron chi connectivity index (χ2n) is 8.95. The summed E-state index contributed by atoms with van der Waals surface area (Å²) in [6.07, 6.45) is 10.2. The minimum absolute atomic E-state index is 0.0434. The zero-order valence-electron chi connectivity index (χ0n) is 15.4. The lowest BCUT2D eigenvalue weighted by Gasteiger charge is -2.60.